The number of aryl methyl sites for hydroxylation is 1. The third-order valence-electron chi connectivity index (χ3n) is 3.28. The van der Waals surface area contributed by atoms with E-state index in [0.717, 1.165) is 19.4 Å². The zero-order chi connectivity index (χ0) is 18.7. The first-order valence-electron chi connectivity index (χ1n) is 6.92. The number of nitrogens with zero attached hydrogens (tertiary/aromatic N) is 1. The minimum atomic E-state index is -5.24. The second-order valence-electron chi connectivity index (χ2n) is 4.96. The average molecular weight is 357 g/mol. The van der Waals surface area contributed by atoms with Gasteiger partial charge in [-0.2, -0.15) is 13.2 Å². The van der Waals surface area contributed by atoms with Gasteiger partial charge in [-0.3, -0.25) is 4.79 Å². The van der Waals surface area contributed by atoms with Gasteiger partial charge in [0.2, 0.25) is 0 Å². The van der Waals surface area contributed by atoms with Gasteiger partial charge in [0.05, 0.1) is 13.4 Å². The van der Waals surface area contributed by atoms with Gasteiger partial charge in [0, 0.05) is 6.20 Å². The summed E-state index contributed by atoms with van der Waals surface area (Å²) < 4.78 is 50.4. The average Bonchev–Trinajstić information content (AvgIpc) is 3.08. The number of esters is 1. The maximum atomic E-state index is 13.8. The molecular weight excluding hydrogens is 343 g/mol. The van der Waals surface area contributed by atoms with Gasteiger partial charge in [0.1, 0.15) is 5.82 Å². The Morgan fingerprint density at radius 1 is 1.24 bits per heavy atom. The van der Waals surface area contributed by atoms with E-state index in [1.807, 2.05) is 5.32 Å². The van der Waals surface area contributed by atoms with Crippen LogP contribution in [0.1, 0.15) is 16.1 Å². The Balaban J connectivity index is 2.50. The van der Waals surface area contributed by atoms with Gasteiger partial charge < -0.3 is 19.8 Å². The Morgan fingerprint density at radius 3 is 2.48 bits per heavy atom. The van der Waals surface area contributed by atoms with Crippen LogP contribution in [-0.2, 0) is 9.53 Å². The minimum absolute atomic E-state index is 0.245. The highest BCUT2D eigenvalue weighted by Gasteiger charge is 2.64. The van der Waals surface area contributed by atoms with Crippen LogP contribution in [0.25, 0.3) is 0 Å². The summed E-state index contributed by atoms with van der Waals surface area (Å²) >= 11 is 0. The van der Waals surface area contributed by atoms with E-state index in [0.29, 0.717) is 5.56 Å². The van der Waals surface area contributed by atoms with Gasteiger partial charge in [0.15, 0.2) is 5.76 Å². The number of pyridine rings is 1. The number of alkyl halides is 3. The zero-order valence-electron chi connectivity index (χ0n) is 13.2. The Hall–Kier alpha value is -3.04. The summed E-state index contributed by atoms with van der Waals surface area (Å²) in [7, 11) is 0.773. The van der Waals surface area contributed by atoms with E-state index in [1.54, 1.807) is 5.32 Å². The van der Waals surface area contributed by atoms with E-state index in [-0.39, 0.29) is 5.82 Å². The molecule has 0 saturated heterocycles. The number of aromatic nitrogens is 1. The smallest absolute Gasteiger partial charge is 0.441 e. The van der Waals surface area contributed by atoms with Crippen LogP contribution in [0.5, 0.6) is 0 Å². The van der Waals surface area contributed by atoms with Crippen molar-refractivity contribution in [3.63, 3.8) is 0 Å². The minimum Gasteiger partial charge on any atom is -0.466 e. The molecule has 0 unspecified atom stereocenters. The summed E-state index contributed by atoms with van der Waals surface area (Å²) in [6, 6.07) is 5.47. The topological polar surface area (TPSA) is 93.5 Å². The van der Waals surface area contributed by atoms with Crippen molar-refractivity contribution in [3.8, 4) is 0 Å². The summed E-state index contributed by atoms with van der Waals surface area (Å²) in [5.41, 5.74) is -3.22. The molecule has 1 amide bonds. The van der Waals surface area contributed by atoms with E-state index < -0.39 is 29.5 Å². The van der Waals surface area contributed by atoms with Crippen molar-refractivity contribution in [3.05, 3.63) is 48.0 Å². The predicted molar refractivity (Wildman–Crippen MR) is 79.6 cm³/mol. The molecule has 134 valence electrons. The van der Waals surface area contributed by atoms with Crippen LogP contribution in [0.3, 0.4) is 0 Å². The van der Waals surface area contributed by atoms with Gasteiger partial charge in [0.25, 0.3) is 5.91 Å². The highest BCUT2D eigenvalue weighted by atomic mass is 19.4. The van der Waals surface area contributed by atoms with E-state index in [1.165, 1.54) is 31.3 Å². The lowest BCUT2D eigenvalue weighted by Gasteiger charge is -2.34. The third kappa shape index (κ3) is 3.57. The summed E-state index contributed by atoms with van der Waals surface area (Å²) in [6.45, 7) is 1.49. The molecule has 2 heterocycles. The van der Waals surface area contributed by atoms with Crippen molar-refractivity contribution in [2.24, 2.45) is 0 Å². The fourth-order valence-corrected chi connectivity index (χ4v) is 1.98. The van der Waals surface area contributed by atoms with Crippen molar-refractivity contribution in [2.45, 2.75) is 18.8 Å². The fraction of sp³-hybridized carbons (Fsp3) is 0.267. The van der Waals surface area contributed by atoms with Gasteiger partial charge in [-0.25, -0.2) is 9.78 Å². The lowest BCUT2D eigenvalue weighted by atomic mass is 10.1. The summed E-state index contributed by atoms with van der Waals surface area (Å²) in [4.78, 5) is 27.9. The predicted octanol–water partition coefficient (Wildman–Crippen LogP) is 2.26. The van der Waals surface area contributed by atoms with Crippen LogP contribution in [0.4, 0.5) is 19.0 Å². The number of nitrogens with one attached hydrogen (secondary N) is 2. The summed E-state index contributed by atoms with van der Waals surface area (Å²) in [5.74, 6) is -3.67. The second kappa shape index (κ2) is 6.83. The standard InChI is InChI=1S/C15H14F3N3O4/c1-9-5-3-7-19-11(9)20-14(13(23)24-2,15(16,17)18)21-12(22)10-6-4-8-25-10/h3-8H,1-2H3,(H,19,20)(H,21,22)/t14-/m0/s1. The lowest BCUT2D eigenvalue weighted by Crippen LogP contribution is -2.69. The number of halogens is 3. The van der Waals surface area contributed by atoms with Crippen molar-refractivity contribution in [1.29, 1.82) is 0 Å². The molecule has 25 heavy (non-hydrogen) atoms. The van der Waals surface area contributed by atoms with Crippen molar-refractivity contribution >= 4 is 17.7 Å². The van der Waals surface area contributed by atoms with Gasteiger partial charge >= 0.3 is 17.8 Å². The number of amides is 1. The highest BCUT2D eigenvalue weighted by Crippen LogP contribution is 2.33. The molecule has 0 aliphatic heterocycles. The van der Waals surface area contributed by atoms with Crippen LogP contribution >= 0.6 is 0 Å². The van der Waals surface area contributed by atoms with E-state index in [2.05, 4.69) is 9.72 Å². The Kier molecular flexibility index (Phi) is 5.00. The first-order valence-corrected chi connectivity index (χ1v) is 6.92. The van der Waals surface area contributed by atoms with Crippen molar-refractivity contribution in [1.82, 2.24) is 10.3 Å². The van der Waals surface area contributed by atoms with Gasteiger partial charge in [-0.15, -0.1) is 0 Å². The number of carbonyl (C=O) groups excluding carboxylic acids is 2. The van der Waals surface area contributed by atoms with E-state index >= 15 is 0 Å². The quantitative estimate of drug-likeness (QED) is 0.630. The van der Waals surface area contributed by atoms with Crippen LogP contribution in [0.15, 0.2) is 41.1 Å². The highest BCUT2D eigenvalue weighted by molar-refractivity contribution is 5.97. The van der Waals surface area contributed by atoms with Crippen molar-refractivity contribution in [2.75, 3.05) is 12.4 Å². The normalized spacial score (nSPS) is 13.6. The maximum Gasteiger partial charge on any atom is 0.441 e. The summed E-state index contributed by atoms with van der Waals surface area (Å²) in [5, 5.41) is 3.58. The third-order valence-corrected chi connectivity index (χ3v) is 3.28. The fourth-order valence-electron chi connectivity index (χ4n) is 1.98. The van der Waals surface area contributed by atoms with Gasteiger partial charge in [-0.05, 0) is 30.7 Å². The van der Waals surface area contributed by atoms with Crippen molar-refractivity contribution < 1.29 is 31.9 Å². The number of furan rings is 1. The molecule has 0 aliphatic rings. The number of methoxy groups -OCH3 is 1. The lowest BCUT2D eigenvalue weighted by molar-refractivity contribution is -0.203. The maximum absolute atomic E-state index is 13.8. The SMILES string of the molecule is COC(=O)[C@@](NC(=O)c1ccco1)(Nc1ncccc1C)C(F)(F)F. The Bertz CT molecular complexity index is 762. The molecule has 2 rings (SSSR count). The molecule has 0 aliphatic carbocycles. The molecule has 0 bridgehead atoms. The number of anilines is 1. The molecule has 10 heteroatoms. The summed E-state index contributed by atoms with van der Waals surface area (Å²) in [6.07, 6.45) is -2.90. The molecule has 2 N–H and O–H groups in total. The molecular formula is C15H14F3N3O4. The molecule has 1 atom stereocenters. The molecule has 0 fully saturated rings. The Morgan fingerprint density at radius 2 is 1.96 bits per heavy atom. The van der Waals surface area contributed by atoms with Crippen LogP contribution < -0.4 is 10.6 Å². The first-order chi connectivity index (χ1) is 11.7. The van der Waals surface area contributed by atoms with E-state index in [9.17, 15) is 22.8 Å². The van der Waals surface area contributed by atoms with Crippen LogP contribution in [0, 0.1) is 6.92 Å². The molecule has 2 aromatic heterocycles. The molecule has 0 spiro atoms. The van der Waals surface area contributed by atoms with E-state index in [4.69, 9.17) is 4.42 Å². The first kappa shape index (κ1) is 18.3. The molecule has 0 radical (unpaired) electrons. The number of hydrogen-bond acceptors (Lipinski definition) is 6. The Labute approximate surface area is 140 Å². The number of carbonyl (C=O) groups is 2. The van der Waals surface area contributed by atoms with Crippen LogP contribution in [-0.4, -0.2) is 35.8 Å². The molecule has 0 saturated carbocycles. The zero-order valence-corrected chi connectivity index (χ0v) is 13.2. The second-order valence-corrected chi connectivity index (χ2v) is 4.96. The van der Waals surface area contributed by atoms with Gasteiger partial charge in [-0.1, -0.05) is 6.07 Å². The number of hydrogen-bond donors (Lipinski definition) is 2. The largest absolute Gasteiger partial charge is 0.466 e. The molecule has 7 nitrogen and oxygen atoms in total. The van der Waals surface area contributed by atoms with Crippen LogP contribution in [0.2, 0.25) is 0 Å². The number of rotatable bonds is 5. The number of ether oxygens (including phenoxy) is 1. The molecule has 0 aromatic carbocycles. The monoisotopic (exact) mass is 357 g/mol. The molecule has 2 aromatic rings.